The molecule has 0 aliphatic carbocycles. The molecule has 0 spiro atoms. The van der Waals surface area contributed by atoms with E-state index >= 15 is 0 Å². The minimum atomic E-state index is -4.76. The molecule has 0 saturated heterocycles. The van der Waals surface area contributed by atoms with E-state index in [9.17, 15) is 30.4 Å². The van der Waals surface area contributed by atoms with Crippen molar-refractivity contribution in [3.8, 4) is 0 Å². The molecule has 108 valence electrons. The van der Waals surface area contributed by atoms with Gasteiger partial charge >= 0.3 is 6.18 Å². The summed E-state index contributed by atoms with van der Waals surface area (Å²) >= 11 is 2.64. The van der Waals surface area contributed by atoms with Gasteiger partial charge in [-0.1, -0.05) is 15.9 Å². The molecule has 1 aromatic rings. The highest BCUT2D eigenvalue weighted by atomic mass is 79.9. The van der Waals surface area contributed by atoms with Crippen molar-refractivity contribution in [1.82, 2.24) is 4.72 Å². The molecule has 1 N–H and O–H groups in total. The number of rotatable bonds is 4. The Kier molecular flexibility index (Phi) is 4.91. The van der Waals surface area contributed by atoms with E-state index in [1.807, 2.05) is 0 Å². The van der Waals surface area contributed by atoms with Gasteiger partial charge in [-0.05, 0) is 18.2 Å². The Morgan fingerprint density at radius 1 is 1.26 bits per heavy atom. The third-order valence-corrected chi connectivity index (χ3v) is 4.09. The lowest BCUT2D eigenvalue weighted by Gasteiger charge is -2.12. The molecule has 0 unspecified atom stereocenters. The van der Waals surface area contributed by atoms with Gasteiger partial charge in [-0.2, -0.15) is 13.2 Å². The molecule has 19 heavy (non-hydrogen) atoms. The fraction of sp³-hybridized carbons (Fsp3) is 0.333. The van der Waals surface area contributed by atoms with E-state index < -0.39 is 39.6 Å². The second-order valence-corrected chi connectivity index (χ2v) is 6.00. The average Bonchev–Trinajstić information content (AvgIpc) is 2.25. The SMILES string of the molecule is O=S(=O)(NCC(F)F)c1ccc(Br)c(C(F)(F)F)c1. The fourth-order valence-electron chi connectivity index (χ4n) is 1.14. The summed E-state index contributed by atoms with van der Waals surface area (Å²) in [5.74, 6) is 0. The van der Waals surface area contributed by atoms with Gasteiger partial charge in [0.2, 0.25) is 10.0 Å². The molecule has 3 nitrogen and oxygen atoms in total. The van der Waals surface area contributed by atoms with Crippen LogP contribution in [0.15, 0.2) is 27.6 Å². The van der Waals surface area contributed by atoms with Gasteiger partial charge in [0.1, 0.15) is 0 Å². The van der Waals surface area contributed by atoms with E-state index in [-0.39, 0.29) is 4.47 Å². The smallest absolute Gasteiger partial charge is 0.209 e. The Balaban J connectivity index is 3.16. The van der Waals surface area contributed by atoms with E-state index in [1.54, 1.807) is 0 Å². The first-order valence-electron chi connectivity index (χ1n) is 4.68. The molecule has 0 aromatic heterocycles. The fourth-order valence-corrected chi connectivity index (χ4v) is 2.65. The molecule has 0 amide bonds. The van der Waals surface area contributed by atoms with Crippen molar-refractivity contribution in [2.45, 2.75) is 17.5 Å². The number of nitrogens with one attached hydrogen (secondary N) is 1. The number of sulfonamides is 1. The first-order chi connectivity index (χ1) is 8.54. The highest BCUT2D eigenvalue weighted by molar-refractivity contribution is 9.10. The van der Waals surface area contributed by atoms with Crippen LogP contribution in [0.5, 0.6) is 0 Å². The van der Waals surface area contributed by atoms with Crippen molar-refractivity contribution in [3.63, 3.8) is 0 Å². The molecule has 0 bridgehead atoms. The minimum Gasteiger partial charge on any atom is -0.209 e. The maximum atomic E-state index is 12.6. The Morgan fingerprint density at radius 3 is 2.32 bits per heavy atom. The monoisotopic (exact) mass is 367 g/mol. The molecule has 1 rings (SSSR count). The Labute approximate surface area is 114 Å². The van der Waals surface area contributed by atoms with Crippen molar-refractivity contribution in [1.29, 1.82) is 0 Å². The van der Waals surface area contributed by atoms with Gasteiger partial charge in [-0.3, -0.25) is 0 Å². The van der Waals surface area contributed by atoms with Gasteiger partial charge in [-0.15, -0.1) is 0 Å². The third kappa shape index (κ3) is 4.39. The quantitative estimate of drug-likeness (QED) is 0.831. The number of benzene rings is 1. The highest BCUT2D eigenvalue weighted by Crippen LogP contribution is 2.36. The molecule has 0 aliphatic heterocycles. The predicted octanol–water partition coefficient (Wildman–Crippen LogP) is 3.01. The third-order valence-electron chi connectivity index (χ3n) is 1.98. The minimum absolute atomic E-state index is 0.340. The first-order valence-corrected chi connectivity index (χ1v) is 6.96. The summed E-state index contributed by atoms with van der Waals surface area (Å²) in [5.41, 5.74) is -1.20. The average molecular weight is 368 g/mol. The van der Waals surface area contributed by atoms with Gasteiger partial charge in [0.15, 0.2) is 0 Å². The molecule has 0 fully saturated rings. The number of hydrogen-bond donors (Lipinski definition) is 1. The number of alkyl halides is 5. The van der Waals surface area contributed by atoms with Crippen LogP contribution in [0.25, 0.3) is 0 Å². The van der Waals surface area contributed by atoms with Gasteiger partial charge in [0, 0.05) is 4.47 Å². The lowest BCUT2D eigenvalue weighted by atomic mass is 10.2. The molecule has 0 saturated carbocycles. The van der Waals surface area contributed by atoms with Crippen LogP contribution >= 0.6 is 15.9 Å². The van der Waals surface area contributed by atoms with Crippen LogP contribution < -0.4 is 4.72 Å². The molecule has 1 aromatic carbocycles. The van der Waals surface area contributed by atoms with Crippen molar-refractivity contribution in [2.24, 2.45) is 0 Å². The van der Waals surface area contributed by atoms with Crippen LogP contribution in [-0.2, 0) is 16.2 Å². The van der Waals surface area contributed by atoms with Crippen LogP contribution in [0.3, 0.4) is 0 Å². The first kappa shape index (κ1) is 16.3. The summed E-state index contributed by atoms with van der Waals surface area (Å²) in [6, 6.07) is 2.14. The van der Waals surface area contributed by atoms with Gasteiger partial charge in [-0.25, -0.2) is 21.9 Å². The molecule has 0 atom stereocenters. The maximum Gasteiger partial charge on any atom is 0.417 e. The van der Waals surface area contributed by atoms with E-state index in [4.69, 9.17) is 0 Å². The standard InChI is InChI=1S/C9H7BrF5NO2S/c10-7-2-1-5(3-6(7)9(13,14)15)19(17,18)16-4-8(11)12/h1-3,8,16H,4H2. The van der Waals surface area contributed by atoms with Crippen LogP contribution in [0.2, 0.25) is 0 Å². The van der Waals surface area contributed by atoms with Crippen LogP contribution in [0, 0.1) is 0 Å². The van der Waals surface area contributed by atoms with E-state index in [2.05, 4.69) is 15.9 Å². The molecular weight excluding hydrogens is 361 g/mol. The Hall–Kier alpha value is -0.740. The van der Waals surface area contributed by atoms with E-state index in [0.29, 0.717) is 6.07 Å². The number of halogens is 6. The van der Waals surface area contributed by atoms with E-state index in [1.165, 1.54) is 4.72 Å². The summed E-state index contributed by atoms with van der Waals surface area (Å²) in [6.07, 6.45) is -7.69. The van der Waals surface area contributed by atoms with Gasteiger partial charge in [0.25, 0.3) is 6.43 Å². The van der Waals surface area contributed by atoms with Gasteiger partial charge in [0.05, 0.1) is 17.0 Å². The van der Waals surface area contributed by atoms with Gasteiger partial charge < -0.3 is 0 Å². The van der Waals surface area contributed by atoms with Crippen LogP contribution in [0.1, 0.15) is 5.56 Å². The summed E-state index contributed by atoms with van der Waals surface area (Å²) in [4.78, 5) is -0.733. The lowest BCUT2D eigenvalue weighted by molar-refractivity contribution is -0.138. The van der Waals surface area contributed by atoms with Crippen molar-refractivity contribution < 1.29 is 30.4 Å². The largest absolute Gasteiger partial charge is 0.417 e. The van der Waals surface area contributed by atoms with Crippen molar-refractivity contribution in [2.75, 3.05) is 6.54 Å². The van der Waals surface area contributed by atoms with Crippen LogP contribution in [-0.4, -0.2) is 21.4 Å². The summed E-state index contributed by atoms with van der Waals surface area (Å²) in [6.45, 7) is -1.17. The Bertz CT molecular complexity index is 558. The summed E-state index contributed by atoms with van der Waals surface area (Å²) in [7, 11) is -4.41. The molecule has 0 heterocycles. The summed E-state index contributed by atoms with van der Waals surface area (Å²) in [5, 5.41) is 0. The zero-order chi connectivity index (χ0) is 14.8. The second-order valence-electron chi connectivity index (χ2n) is 3.38. The Morgan fingerprint density at radius 2 is 1.84 bits per heavy atom. The molecule has 10 heteroatoms. The van der Waals surface area contributed by atoms with Crippen LogP contribution in [0.4, 0.5) is 22.0 Å². The van der Waals surface area contributed by atoms with Crippen molar-refractivity contribution >= 4 is 26.0 Å². The maximum absolute atomic E-state index is 12.6. The normalized spacial score (nSPS) is 13.0. The molecule has 0 radical (unpaired) electrons. The zero-order valence-corrected chi connectivity index (χ0v) is 11.4. The topological polar surface area (TPSA) is 46.2 Å². The zero-order valence-electron chi connectivity index (χ0n) is 9.01. The highest BCUT2D eigenvalue weighted by Gasteiger charge is 2.34. The molecular formula is C9H7BrF5NO2S. The lowest BCUT2D eigenvalue weighted by Crippen LogP contribution is -2.28. The molecule has 0 aliphatic rings. The second kappa shape index (κ2) is 5.71. The number of hydrogen-bond acceptors (Lipinski definition) is 2. The predicted molar refractivity (Wildman–Crippen MR) is 60.3 cm³/mol. The van der Waals surface area contributed by atoms with E-state index in [0.717, 1.165) is 12.1 Å². The summed E-state index contributed by atoms with van der Waals surface area (Å²) < 4.78 is 85.7. The van der Waals surface area contributed by atoms with Crippen molar-refractivity contribution in [3.05, 3.63) is 28.2 Å².